The monoisotopic (exact) mass is 429 g/mol. The van der Waals surface area contributed by atoms with Crippen LogP contribution in [-0.2, 0) is 16.2 Å². The fourth-order valence-electron chi connectivity index (χ4n) is 3.22. The molecule has 1 aromatic heterocycles. The van der Waals surface area contributed by atoms with Gasteiger partial charge in [0.25, 0.3) is 0 Å². The lowest BCUT2D eigenvalue weighted by atomic mass is 10.0. The lowest BCUT2D eigenvalue weighted by molar-refractivity contribution is -0.137. The summed E-state index contributed by atoms with van der Waals surface area (Å²) in [5.74, 6) is 0.560. The summed E-state index contributed by atoms with van der Waals surface area (Å²) in [7, 11) is -3.79. The highest BCUT2D eigenvalue weighted by Crippen LogP contribution is 2.36. The van der Waals surface area contributed by atoms with Gasteiger partial charge < -0.3 is 10.6 Å². The Morgan fingerprint density at radius 2 is 1.97 bits per heavy atom. The highest BCUT2D eigenvalue weighted by atomic mass is 32.2. The van der Waals surface area contributed by atoms with Crippen molar-refractivity contribution in [3.63, 3.8) is 0 Å². The van der Waals surface area contributed by atoms with Crippen LogP contribution in [0.4, 0.5) is 24.7 Å². The van der Waals surface area contributed by atoms with Crippen molar-refractivity contribution in [2.24, 2.45) is 0 Å². The number of piperidine rings is 1. The second-order valence-electron chi connectivity index (χ2n) is 7.08. The molecule has 1 aromatic carbocycles. The standard InChI is InChI=1S/C18H22F3N5O2S/c1-11-8-16(23-13-4-3-7-22-10-13)24-25-17(11)14-6-5-12(18(19,20)21)9-15(14)26-29(2,27)28/h5-6,8-9,13,22,26H,3-4,7,10H2,1-2H3,(H,23,24)/t13-/m1/s1. The lowest BCUT2D eigenvalue weighted by Crippen LogP contribution is -2.38. The van der Waals surface area contributed by atoms with Crippen LogP contribution < -0.4 is 15.4 Å². The number of anilines is 2. The minimum Gasteiger partial charge on any atom is -0.365 e. The largest absolute Gasteiger partial charge is 0.416 e. The normalized spacial score (nSPS) is 17.8. The van der Waals surface area contributed by atoms with E-state index in [-0.39, 0.29) is 17.3 Å². The molecular weight excluding hydrogens is 407 g/mol. The van der Waals surface area contributed by atoms with E-state index in [1.807, 2.05) is 0 Å². The SMILES string of the molecule is Cc1cc(N[C@@H]2CCCNC2)nnc1-c1ccc(C(F)(F)F)cc1NS(C)(=O)=O. The molecule has 29 heavy (non-hydrogen) atoms. The Hall–Kier alpha value is -2.40. The van der Waals surface area contributed by atoms with Crippen molar-refractivity contribution in [1.29, 1.82) is 0 Å². The third-order valence-corrected chi connectivity index (χ3v) is 5.12. The van der Waals surface area contributed by atoms with Crippen LogP contribution in [0.2, 0.25) is 0 Å². The maximum atomic E-state index is 13.1. The first kappa shape index (κ1) is 21.3. The van der Waals surface area contributed by atoms with Gasteiger partial charge in [-0.05, 0) is 50.1 Å². The molecule has 0 bridgehead atoms. The molecule has 0 radical (unpaired) electrons. The van der Waals surface area contributed by atoms with E-state index in [1.165, 1.54) is 6.07 Å². The fraction of sp³-hybridized carbons (Fsp3) is 0.444. The molecule has 1 fully saturated rings. The zero-order valence-electron chi connectivity index (χ0n) is 16.0. The third-order valence-electron chi connectivity index (χ3n) is 4.53. The number of rotatable bonds is 5. The molecule has 1 aliphatic rings. The van der Waals surface area contributed by atoms with Gasteiger partial charge in [-0.15, -0.1) is 10.2 Å². The average Bonchev–Trinajstić information content (AvgIpc) is 2.61. The molecule has 158 valence electrons. The predicted octanol–water partition coefficient (Wildman–Crippen LogP) is 3.01. The number of hydrogen-bond acceptors (Lipinski definition) is 6. The first-order chi connectivity index (χ1) is 13.5. The van der Waals surface area contributed by atoms with Gasteiger partial charge in [0.1, 0.15) is 5.82 Å². The van der Waals surface area contributed by atoms with E-state index in [9.17, 15) is 21.6 Å². The Morgan fingerprint density at radius 3 is 2.55 bits per heavy atom. The smallest absolute Gasteiger partial charge is 0.365 e. The molecule has 2 aromatic rings. The summed E-state index contributed by atoms with van der Waals surface area (Å²) in [6.45, 7) is 3.53. The van der Waals surface area contributed by atoms with E-state index in [4.69, 9.17) is 0 Å². The van der Waals surface area contributed by atoms with E-state index in [2.05, 4.69) is 25.6 Å². The highest BCUT2D eigenvalue weighted by molar-refractivity contribution is 7.92. The van der Waals surface area contributed by atoms with Gasteiger partial charge in [-0.25, -0.2) is 8.42 Å². The van der Waals surface area contributed by atoms with Crippen molar-refractivity contribution >= 4 is 21.5 Å². The van der Waals surface area contributed by atoms with Crippen LogP contribution in [0.15, 0.2) is 24.3 Å². The van der Waals surface area contributed by atoms with Crippen LogP contribution >= 0.6 is 0 Å². The second kappa shape index (κ2) is 8.15. The number of nitrogens with zero attached hydrogens (tertiary/aromatic N) is 2. The van der Waals surface area contributed by atoms with Crippen molar-refractivity contribution in [1.82, 2.24) is 15.5 Å². The number of alkyl halides is 3. The fourth-order valence-corrected chi connectivity index (χ4v) is 3.79. The Morgan fingerprint density at radius 1 is 1.21 bits per heavy atom. The topological polar surface area (TPSA) is 96.0 Å². The number of benzene rings is 1. The van der Waals surface area contributed by atoms with Gasteiger partial charge in [-0.1, -0.05) is 6.07 Å². The van der Waals surface area contributed by atoms with E-state index >= 15 is 0 Å². The number of aromatic nitrogens is 2. The summed E-state index contributed by atoms with van der Waals surface area (Å²) in [5, 5.41) is 14.8. The minimum absolute atomic E-state index is 0.197. The quantitative estimate of drug-likeness (QED) is 0.676. The van der Waals surface area contributed by atoms with Gasteiger partial charge in [0.05, 0.1) is 23.2 Å². The first-order valence-electron chi connectivity index (χ1n) is 9.04. The van der Waals surface area contributed by atoms with Gasteiger partial charge in [-0.2, -0.15) is 13.2 Å². The zero-order valence-corrected chi connectivity index (χ0v) is 16.8. The van der Waals surface area contributed by atoms with Gasteiger partial charge in [-0.3, -0.25) is 4.72 Å². The Kier molecular flexibility index (Phi) is 5.99. The zero-order chi connectivity index (χ0) is 21.2. The third kappa shape index (κ3) is 5.57. The first-order valence-corrected chi connectivity index (χ1v) is 10.9. The second-order valence-corrected chi connectivity index (χ2v) is 8.83. The lowest BCUT2D eigenvalue weighted by Gasteiger charge is -2.24. The van der Waals surface area contributed by atoms with Crippen molar-refractivity contribution < 1.29 is 21.6 Å². The molecule has 1 atom stereocenters. The molecule has 1 saturated heterocycles. The maximum absolute atomic E-state index is 13.1. The van der Waals surface area contributed by atoms with Gasteiger partial charge in [0.15, 0.2) is 0 Å². The molecule has 0 unspecified atom stereocenters. The molecular formula is C18H22F3N5O2S. The summed E-state index contributed by atoms with van der Waals surface area (Å²) >= 11 is 0. The molecule has 0 spiro atoms. The molecule has 7 nitrogen and oxygen atoms in total. The predicted molar refractivity (Wildman–Crippen MR) is 105 cm³/mol. The van der Waals surface area contributed by atoms with Crippen LogP contribution in [0, 0.1) is 6.92 Å². The Bertz CT molecular complexity index is 989. The highest BCUT2D eigenvalue weighted by Gasteiger charge is 2.31. The van der Waals surface area contributed by atoms with E-state index < -0.39 is 21.8 Å². The number of halogens is 3. The van der Waals surface area contributed by atoms with Gasteiger partial charge >= 0.3 is 6.18 Å². The molecule has 1 aliphatic heterocycles. The van der Waals surface area contributed by atoms with Crippen LogP contribution in [0.5, 0.6) is 0 Å². The molecule has 11 heteroatoms. The van der Waals surface area contributed by atoms with Crippen LogP contribution in [0.25, 0.3) is 11.3 Å². The molecule has 0 aliphatic carbocycles. The van der Waals surface area contributed by atoms with Crippen molar-refractivity contribution in [3.05, 3.63) is 35.4 Å². The molecule has 3 N–H and O–H groups in total. The van der Waals surface area contributed by atoms with Gasteiger partial charge in [0.2, 0.25) is 10.0 Å². The maximum Gasteiger partial charge on any atom is 0.416 e. The summed E-state index contributed by atoms with van der Waals surface area (Å²) < 4.78 is 64.7. The summed E-state index contributed by atoms with van der Waals surface area (Å²) in [4.78, 5) is 0. The van der Waals surface area contributed by atoms with Crippen molar-refractivity contribution in [3.8, 4) is 11.3 Å². The number of hydrogen-bond donors (Lipinski definition) is 3. The minimum atomic E-state index is -4.60. The van der Waals surface area contributed by atoms with Crippen molar-refractivity contribution in [2.45, 2.75) is 32.0 Å². The van der Waals surface area contributed by atoms with Crippen LogP contribution in [0.3, 0.4) is 0 Å². The summed E-state index contributed by atoms with van der Waals surface area (Å²) in [6.07, 6.45) is -1.68. The molecule has 2 heterocycles. The molecule has 3 rings (SSSR count). The van der Waals surface area contributed by atoms with Crippen LogP contribution in [-0.4, -0.2) is 44.0 Å². The number of aryl methyl sites for hydroxylation is 1. The van der Waals surface area contributed by atoms with E-state index in [1.54, 1.807) is 13.0 Å². The summed E-state index contributed by atoms with van der Waals surface area (Å²) in [6, 6.07) is 4.82. The van der Waals surface area contributed by atoms with Crippen LogP contribution in [0.1, 0.15) is 24.0 Å². The summed E-state index contributed by atoms with van der Waals surface area (Å²) in [5.41, 5.74) is 0.0251. The Labute approximate surface area is 167 Å². The number of sulfonamides is 1. The average molecular weight is 429 g/mol. The Balaban J connectivity index is 1.96. The molecule has 0 amide bonds. The van der Waals surface area contributed by atoms with E-state index in [0.29, 0.717) is 17.1 Å². The number of nitrogens with one attached hydrogen (secondary N) is 3. The van der Waals surface area contributed by atoms with Crippen molar-refractivity contribution in [2.75, 3.05) is 29.4 Å². The van der Waals surface area contributed by atoms with Gasteiger partial charge in [0, 0.05) is 18.2 Å². The van der Waals surface area contributed by atoms with E-state index in [0.717, 1.165) is 44.3 Å². The molecule has 0 saturated carbocycles.